The molecule has 0 N–H and O–H groups in total. The number of para-hydroxylation sites is 1. The molecule has 0 aliphatic carbocycles. The van der Waals surface area contributed by atoms with Crippen LogP contribution in [0, 0.1) is 11.3 Å². The molecule has 0 fully saturated rings. The molecule has 106 valence electrons. The van der Waals surface area contributed by atoms with Crippen molar-refractivity contribution >= 4 is 22.3 Å². The number of benzene rings is 1. The molecule has 0 saturated carbocycles. The molecule has 4 heteroatoms. The van der Waals surface area contributed by atoms with Crippen molar-refractivity contribution in [1.29, 1.82) is 5.26 Å². The molecule has 3 nitrogen and oxygen atoms in total. The van der Waals surface area contributed by atoms with Gasteiger partial charge in [0, 0.05) is 16.3 Å². The summed E-state index contributed by atoms with van der Waals surface area (Å²) < 4.78 is 6.00. The minimum absolute atomic E-state index is 0.568. The van der Waals surface area contributed by atoms with Crippen LogP contribution in [0.4, 0.5) is 0 Å². The topological polar surface area (TPSA) is 49.8 Å². The van der Waals surface area contributed by atoms with Crippen molar-refractivity contribution in [2.75, 3.05) is 0 Å². The molecule has 1 aromatic carbocycles. The SMILES string of the molecule is CCc1c(-c2csc(C(C)(C)C#N)n2)oc2ccccc12. The van der Waals surface area contributed by atoms with E-state index in [2.05, 4.69) is 24.0 Å². The van der Waals surface area contributed by atoms with Crippen molar-refractivity contribution in [2.45, 2.75) is 32.6 Å². The van der Waals surface area contributed by atoms with Crippen LogP contribution in [0.2, 0.25) is 0 Å². The zero-order chi connectivity index (χ0) is 15.0. The fourth-order valence-electron chi connectivity index (χ4n) is 2.37. The Bertz CT molecular complexity index is 836. The van der Waals surface area contributed by atoms with Gasteiger partial charge in [0.1, 0.15) is 21.7 Å². The van der Waals surface area contributed by atoms with Crippen LogP contribution in [0.15, 0.2) is 34.1 Å². The third kappa shape index (κ3) is 2.24. The number of thiazole rings is 1. The Morgan fingerprint density at radius 2 is 2.10 bits per heavy atom. The summed E-state index contributed by atoms with van der Waals surface area (Å²) in [6, 6.07) is 10.3. The van der Waals surface area contributed by atoms with Gasteiger partial charge in [0.15, 0.2) is 5.76 Å². The van der Waals surface area contributed by atoms with Gasteiger partial charge in [0.25, 0.3) is 0 Å². The highest BCUT2D eigenvalue weighted by Gasteiger charge is 2.25. The summed E-state index contributed by atoms with van der Waals surface area (Å²) in [5.74, 6) is 0.829. The van der Waals surface area contributed by atoms with Crippen molar-refractivity contribution in [1.82, 2.24) is 4.98 Å². The minimum Gasteiger partial charge on any atom is -0.454 e. The fourth-order valence-corrected chi connectivity index (χ4v) is 3.24. The van der Waals surface area contributed by atoms with E-state index < -0.39 is 5.41 Å². The molecule has 0 aliphatic rings. The summed E-state index contributed by atoms with van der Waals surface area (Å²) in [5, 5.41) is 13.2. The first kappa shape index (κ1) is 13.8. The number of nitrogens with zero attached hydrogens (tertiary/aromatic N) is 2. The third-order valence-electron chi connectivity index (χ3n) is 3.60. The number of fused-ring (bicyclic) bond motifs is 1. The van der Waals surface area contributed by atoms with Gasteiger partial charge >= 0.3 is 0 Å². The number of nitriles is 1. The van der Waals surface area contributed by atoms with E-state index in [9.17, 15) is 5.26 Å². The van der Waals surface area contributed by atoms with E-state index in [4.69, 9.17) is 4.42 Å². The van der Waals surface area contributed by atoms with Crippen LogP contribution >= 0.6 is 11.3 Å². The van der Waals surface area contributed by atoms with Gasteiger partial charge in [-0.2, -0.15) is 5.26 Å². The lowest BCUT2D eigenvalue weighted by Gasteiger charge is -2.09. The molecule has 2 heterocycles. The summed E-state index contributed by atoms with van der Waals surface area (Å²) in [5.41, 5.74) is 2.32. The third-order valence-corrected chi connectivity index (χ3v) is 4.77. The predicted molar refractivity (Wildman–Crippen MR) is 85.3 cm³/mol. The van der Waals surface area contributed by atoms with Crippen LogP contribution in [0.3, 0.4) is 0 Å². The predicted octanol–water partition coefficient (Wildman–Crippen LogP) is 4.92. The summed E-state index contributed by atoms with van der Waals surface area (Å²) in [6.45, 7) is 5.89. The molecule has 0 atom stereocenters. The molecular formula is C17H16N2OS. The molecule has 0 saturated heterocycles. The second-order valence-electron chi connectivity index (χ2n) is 5.53. The Morgan fingerprint density at radius 1 is 1.33 bits per heavy atom. The van der Waals surface area contributed by atoms with Crippen LogP contribution in [-0.2, 0) is 11.8 Å². The zero-order valence-corrected chi connectivity index (χ0v) is 13.1. The molecule has 0 aliphatic heterocycles. The molecule has 0 unspecified atom stereocenters. The number of aromatic nitrogens is 1. The Morgan fingerprint density at radius 3 is 2.81 bits per heavy atom. The van der Waals surface area contributed by atoms with Crippen molar-refractivity contribution in [3.63, 3.8) is 0 Å². The monoisotopic (exact) mass is 296 g/mol. The molecule has 0 bridgehead atoms. The Hall–Kier alpha value is -2.12. The van der Waals surface area contributed by atoms with Crippen molar-refractivity contribution < 1.29 is 4.42 Å². The highest BCUT2D eigenvalue weighted by atomic mass is 32.1. The zero-order valence-electron chi connectivity index (χ0n) is 12.3. The number of aryl methyl sites for hydroxylation is 1. The fraction of sp³-hybridized carbons (Fsp3) is 0.294. The normalized spacial score (nSPS) is 11.7. The maximum absolute atomic E-state index is 9.24. The molecule has 3 aromatic rings. The quantitative estimate of drug-likeness (QED) is 0.689. The number of hydrogen-bond acceptors (Lipinski definition) is 4. The van der Waals surface area contributed by atoms with Gasteiger partial charge in [-0.1, -0.05) is 25.1 Å². The van der Waals surface area contributed by atoms with Crippen molar-refractivity contribution in [3.8, 4) is 17.5 Å². The summed E-state index contributed by atoms with van der Waals surface area (Å²) in [7, 11) is 0. The standard InChI is InChI=1S/C17H16N2OS/c1-4-11-12-7-5-6-8-14(12)20-15(11)13-9-21-16(19-13)17(2,3)10-18/h5-9H,4H2,1-3H3. The average Bonchev–Trinajstić information content (AvgIpc) is 3.11. The summed E-state index contributed by atoms with van der Waals surface area (Å²) in [4.78, 5) is 4.63. The maximum atomic E-state index is 9.24. The lowest BCUT2D eigenvalue weighted by Crippen LogP contribution is -2.13. The molecule has 0 radical (unpaired) electrons. The van der Waals surface area contributed by atoms with Gasteiger partial charge in [0.2, 0.25) is 0 Å². The molecular weight excluding hydrogens is 280 g/mol. The highest BCUT2D eigenvalue weighted by molar-refractivity contribution is 7.10. The Balaban J connectivity index is 2.15. The second kappa shape index (κ2) is 5.01. The van der Waals surface area contributed by atoms with Crippen LogP contribution in [0.25, 0.3) is 22.4 Å². The van der Waals surface area contributed by atoms with Crippen LogP contribution < -0.4 is 0 Å². The van der Waals surface area contributed by atoms with Gasteiger partial charge in [-0.15, -0.1) is 11.3 Å². The lowest BCUT2D eigenvalue weighted by atomic mass is 9.97. The second-order valence-corrected chi connectivity index (χ2v) is 6.39. The van der Waals surface area contributed by atoms with E-state index in [1.807, 2.05) is 37.4 Å². The molecule has 21 heavy (non-hydrogen) atoms. The minimum atomic E-state index is -0.568. The first-order chi connectivity index (χ1) is 10.1. The van der Waals surface area contributed by atoms with E-state index in [1.54, 1.807) is 0 Å². The highest BCUT2D eigenvalue weighted by Crippen LogP contribution is 2.36. The van der Waals surface area contributed by atoms with E-state index in [0.717, 1.165) is 33.9 Å². The molecule has 0 spiro atoms. The van der Waals surface area contributed by atoms with E-state index in [0.29, 0.717) is 0 Å². The first-order valence-electron chi connectivity index (χ1n) is 6.95. The van der Waals surface area contributed by atoms with Crippen LogP contribution in [0.1, 0.15) is 31.3 Å². The average molecular weight is 296 g/mol. The number of hydrogen-bond donors (Lipinski definition) is 0. The van der Waals surface area contributed by atoms with Crippen LogP contribution in [0.5, 0.6) is 0 Å². The number of rotatable bonds is 3. The van der Waals surface area contributed by atoms with Crippen molar-refractivity contribution in [3.05, 3.63) is 40.2 Å². The lowest BCUT2D eigenvalue weighted by molar-refractivity contribution is 0.622. The smallest absolute Gasteiger partial charge is 0.157 e. The molecule has 0 amide bonds. The summed E-state index contributed by atoms with van der Waals surface area (Å²) in [6.07, 6.45) is 0.890. The van der Waals surface area contributed by atoms with Gasteiger partial charge < -0.3 is 4.42 Å². The number of furan rings is 1. The summed E-state index contributed by atoms with van der Waals surface area (Å²) >= 11 is 1.51. The largest absolute Gasteiger partial charge is 0.454 e. The molecule has 2 aromatic heterocycles. The Labute approximate surface area is 127 Å². The van der Waals surface area contributed by atoms with Gasteiger partial charge in [-0.05, 0) is 26.3 Å². The molecule has 3 rings (SSSR count). The maximum Gasteiger partial charge on any atom is 0.157 e. The van der Waals surface area contributed by atoms with E-state index >= 15 is 0 Å². The van der Waals surface area contributed by atoms with Gasteiger partial charge in [0.05, 0.1) is 6.07 Å². The van der Waals surface area contributed by atoms with E-state index in [1.165, 1.54) is 16.9 Å². The van der Waals surface area contributed by atoms with Crippen LogP contribution in [-0.4, -0.2) is 4.98 Å². The van der Waals surface area contributed by atoms with Gasteiger partial charge in [-0.25, -0.2) is 4.98 Å². The van der Waals surface area contributed by atoms with Crippen molar-refractivity contribution in [2.24, 2.45) is 0 Å². The van der Waals surface area contributed by atoms with E-state index in [-0.39, 0.29) is 0 Å². The van der Waals surface area contributed by atoms with Gasteiger partial charge in [-0.3, -0.25) is 0 Å². The first-order valence-corrected chi connectivity index (χ1v) is 7.83. The Kier molecular flexibility index (Phi) is 3.30.